The molecule has 1 aliphatic heterocycles. The molecule has 19 heavy (non-hydrogen) atoms. The Morgan fingerprint density at radius 2 is 1.68 bits per heavy atom. The van der Waals surface area contributed by atoms with Gasteiger partial charge >= 0.3 is 0 Å². The summed E-state index contributed by atoms with van der Waals surface area (Å²) in [4.78, 5) is 14.5. The molecule has 96 valence electrons. The van der Waals surface area contributed by atoms with Crippen LogP contribution < -0.4 is 0 Å². The number of rotatable bonds is 3. The molecule has 2 heteroatoms. The Hall–Kier alpha value is -2.09. The van der Waals surface area contributed by atoms with Crippen molar-refractivity contribution in [3.05, 3.63) is 71.3 Å². The molecule has 0 fully saturated rings. The summed E-state index contributed by atoms with van der Waals surface area (Å²) in [5.41, 5.74) is 3.22. The van der Waals surface area contributed by atoms with Crippen molar-refractivity contribution >= 4 is 5.91 Å². The fourth-order valence-electron chi connectivity index (χ4n) is 2.85. The molecule has 0 saturated heterocycles. The lowest BCUT2D eigenvalue weighted by atomic mass is 10.0. The van der Waals surface area contributed by atoms with Crippen molar-refractivity contribution < 1.29 is 4.79 Å². The Morgan fingerprint density at radius 3 is 2.42 bits per heavy atom. The minimum atomic E-state index is 0.159. The first kappa shape index (κ1) is 12.0. The zero-order chi connectivity index (χ0) is 13.2. The Balaban J connectivity index is 1.93. The van der Waals surface area contributed by atoms with E-state index in [2.05, 4.69) is 25.1 Å². The molecule has 0 N–H and O–H groups in total. The van der Waals surface area contributed by atoms with Gasteiger partial charge in [0.25, 0.3) is 5.91 Å². The molecule has 0 aliphatic carbocycles. The van der Waals surface area contributed by atoms with Crippen LogP contribution in [-0.2, 0) is 6.54 Å². The van der Waals surface area contributed by atoms with Crippen molar-refractivity contribution in [2.24, 2.45) is 0 Å². The molecule has 1 unspecified atom stereocenters. The van der Waals surface area contributed by atoms with E-state index in [1.807, 2.05) is 41.3 Å². The number of nitrogens with zero attached hydrogens (tertiary/aromatic N) is 1. The van der Waals surface area contributed by atoms with Crippen LogP contribution in [0.2, 0.25) is 0 Å². The molecule has 0 spiro atoms. The summed E-state index contributed by atoms with van der Waals surface area (Å²) in [6.45, 7) is 2.82. The van der Waals surface area contributed by atoms with Gasteiger partial charge in [-0.3, -0.25) is 4.79 Å². The summed E-state index contributed by atoms with van der Waals surface area (Å²) in [6.07, 6.45) is 0.954. The lowest BCUT2D eigenvalue weighted by Crippen LogP contribution is -2.27. The number of hydrogen-bond donors (Lipinski definition) is 0. The largest absolute Gasteiger partial charge is 0.327 e. The average Bonchev–Trinajstić information content (AvgIpc) is 2.73. The second kappa shape index (κ2) is 4.88. The average molecular weight is 251 g/mol. The number of hydrogen-bond acceptors (Lipinski definition) is 1. The first-order chi connectivity index (χ1) is 9.31. The Morgan fingerprint density at radius 1 is 1.00 bits per heavy atom. The van der Waals surface area contributed by atoms with E-state index < -0.39 is 0 Å². The fourth-order valence-corrected chi connectivity index (χ4v) is 2.85. The third-order valence-corrected chi connectivity index (χ3v) is 3.77. The first-order valence-corrected chi connectivity index (χ1v) is 6.75. The lowest BCUT2D eigenvalue weighted by Gasteiger charge is -2.24. The number of carbonyl (C=O) groups is 1. The number of carbonyl (C=O) groups excluding carboxylic acids is 1. The van der Waals surface area contributed by atoms with Crippen molar-refractivity contribution in [1.29, 1.82) is 0 Å². The summed E-state index contributed by atoms with van der Waals surface area (Å²) < 4.78 is 0. The zero-order valence-corrected chi connectivity index (χ0v) is 11.0. The summed E-state index contributed by atoms with van der Waals surface area (Å²) in [6, 6.07) is 18.4. The standard InChI is InChI=1S/C17H17NO/c1-2-16-14-10-6-7-11-15(14)17(19)18(16)12-13-8-4-3-5-9-13/h3-11,16H,2,12H2,1H3. The van der Waals surface area contributed by atoms with Gasteiger partial charge in [-0.15, -0.1) is 0 Å². The van der Waals surface area contributed by atoms with Crippen molar-refractivity contribution in [3.63, 3.8) is 0 Å². The molecule has 0 aromatic heterocycles. The van der Waals surface area contributed by atoms with E-state index in [-0.39, 0.29) is 11.9 Å². The van der Waals surface area contributed by atoms with Gasteiger partial charge in [0.1, 0.15) is 0 Å². The molecular formula is C17H17NO. The Kier molecular flexibility index (Phi) is 3.08. The van der Waals surface area contributed by atoms with E-state index >= 15 is 0 Å². The lowest BCUT2D eigenvalue weighted by molar-refractivity contribution is 0.0706. The van der Waals surface area contributed by atoms with Gasteiger partial charge in [-0.2, -0.15) is 0 Å². The van der Waals surface area contributed by atoms with E-state index in [1.54, 1.807) is 0 Å². The Labute approximate surface area is 113 Å². The molecule has 1 atom stereocenters. The smallest absolute Gasteiger partial charge is 0.255 e. The van der Waals surface area contributed by atoms with Crippen LogP contribution in [-0.4, -0.2) is 10.8 Å². The van der Waals surface area contributed by atoms with Crippen molar-refractivity contribution in [2.45, 2.75) is 25.9 Å². The maximum atomic E-state index is 12.5. The number of fused-ring (bicyclic) bond motifs is 1. The highest BCUT2D eigenvalue weighted by atomic mass is 16.2. The van der Waals surface area contributed by atoms with Gasteiger partial charge < -0.3 is 4.90 Å². The SMILES string of the molecule is CCC1c2ccccc2C(=O)N1Cc1ccccc1. The maximum Gasteiger partial charge on any atom is 0.255 e. The van der Waals surface area contributed by atoms with E-state index in [0.717, 1.165) is 12.0 Å². The van der Waals surface area contributed by atoms with Crippen LogP contribution in [0.1, 0.15) is 40.9 Å². The van der Waals surface area contributed by atoms with Crippen LogP contribution in [0.5, 0.6) is 0 Å². The monoisotopic (exact) mass is 251 g/mol. The molecular weight excluding hydrogens is 234 g/mol. The fraction of sp³-hybridized carbons (Fsp3) is 0.235. The molecule has 0 radical (unpaired) electrons. The van der Waals surface area contributed by atoms with Gasteiger partial charge in [-0.1, -0.05) is 55.5 Å². The third kappa shape index (κ3) is 2.03. The van der Waals surface area contributed by atoms with Gasteiger partial charge in [0, 0.05) is 12.1 Å². The van der Waals surface area contributed by atoms with E-state index in [0.29, 0.717) is 6.54 Å². The molecule has 2 nitrogen and oxygen atoms in total. The van der Waals surface area contributed by atoms with Gasteiger partial charge in [0.2, 0.25) is 0 Å². The minimum absolute atomic E-state index is 0.159. The maximum absolute atomic E-state index is 12.5. The molecule has 0 saturated carbocycles. The molecule has 1 amide bonds. The molecule has 1 aliphatic rings. The number of benzene rings is 2. The van der Waals surface area contributed by atoms with Crippen molar-refractivity contribution in [1.82, 2.24) is 4.90 Å². The van der Waals surface area contributed by atoms with Crippen LogP contribution in [0.15, 0.2) is 54.6 Å². The van der Waals surface area contributed by atoms with Gasteiger partial charge in [0.15, 0.2) is 0 Å². The highest BCUT2D eigenvalue weighted by Gasteiger charge is 2.34. The second-order valence-corrected chi connectivity index (χ2v) is 4.93. The summed E-state index contributed by atoms with van der Waals surface area (Å²) in [5.74, 6) is 0.159. The molecule has 2 aromatic carbocycles. The predicted octanol–water partition coefficient (Wildman–Crippen LogP) is 3.79. The van der Waals surface area contributed by atoms with Gasteiger partial charge in [0.05, 0.1) is 6.04 Å². The van der Waals surface area contributed by atoms with Crippen molar-refractivity contribution in [2.75, 3.05) is 0 Å². The van der Waals surface area contributed by atoms with Crippen LogP contribution in [0.4, 0.5) is 0 Å². The summed E-state index contributed by atoms with van der Waals surface area (Å²) >= 11 is 0. The van der Waals surface area contributed by atoms with Crippen molar-refractivity contribution in [3.8, 4) is 0 Å². The van der Waals surface area contributed by atoms with Gasteiger partial charge in [-0.25, -0.2) is 0 Å². The molecule has 2 aromatic rings. The summed E-state index contributed by atoms with van der Waals surface area (Å²) in [7, 11) is 0. The van der Waals surface area contributed by atoms with Crippen LogP contribution >= 0.6 is 0 Å². The van der Waals surface area contributed by atoms with Crippen LogP contribution in [0.3, 0.4) is 0 Å². The van der Waals surface area contributed by atoms with Gasteiger partial charge in [-0.05, 0) is 23.6 Å². The van der Waals surface area contributed by atoms with Crippen LogP contribution in [0.25, 0.3) is 0 Å². The number of amides is 1. The topological polar surface area (TPSA) is 20.3 Å². The molecule has 0 bridgehead atoms. The first-order valence-electron chi connectivity index (χ1n) is 6.75. The highest BCUT2D eigenvalue weighted by molar-refractivity contribution is 5.99. The highest BCUT2D eigenvalue weighted by Crippen LogP contribution is 2.36. The minimum Gasteiger partial charge on any atom is -0.327 e. The zero-order valence-electron chi connectivity index (χ0n) is 11.0. The second-order valence-electron chi connectivity index (χ2n) is 4.93. The third-order valence-electron chi connectivity index (χ3n) is 3.77. The molecule has 3 rings (SSSR count). The summed E-state index contributed by atoms with van der Waals surface area (Å²) in [5, 5.41) is 0. The normalized spacial score (nSPS) is 17.6. The van der Waals surface area contributed by atoms with E-state index in [9.17, 15) is 4.79 Å². The Bertz CT molecular complexity index is 591. The van der Waals surface area contributed by atoms with E-state index in [4.69, 9.17) is 0 Å². The van der Waals surface area contributed by atoms with E-state index in [1.165, 1.54) is 11.1 Å². The quantitative estimate of drug-likeness (QED) is 0.812. The predicted molar refractivity (Wildman–Crippen MR) is 75.8 cm³/mol. The van der Waals surface area contributed by atoms with Crippen LogP contribution in [0, 0.1) is 0 Å². The molecule has 1 heterocycles.